The van der Waals surface area contributed by atoms with Crippen LogP contribution in [0.25, 0.3) is 16.6 Å². The molecule has 0 radical (unpaired) electrons. The van der Waals surface area contributed by atoms with E-state index in [1.54, 1.807) is 28.9 Å². The van der Waals surface area contributed by atoms with Crippen molar-refractivity contribution in [3.05, 3.63) is 52.9 Å². The Labute approximate surface area is 84.8 Å². The Morgan fingerprint density at radius 2 is 1.93 bits per heavy atom. The monoisotopic (exact) mass is 197 g/mol. The van der Waals surface area contributed by atoms with Crippen LogP contribution >= 0.6 is 0 Å². The van der Waals surface area contributed by atoms with Gasteiger partial charge in [-0.3, -0.25) is 4.79 Å². The van der Waals surface area contributed by atoms with Gasteiger partial charge in [0.2, 0.25) is 0 Å². The Kier molecular flexibility index (Phi) is 1.56. The van der Waals surface area contributed by atoms with Crippen LogP contribution in [0, 0.1) is 0 Å². The number of fused-ring (bicyclic) bond motifs is 3. The van der Waals surface area contributed by atoms with Gasteiger partial charge < -0.3 is 0 Å². The summed E-state index contributed by atoms with van der Waals surface area (Å²) in [6, 6.07) is 10.8. The molecule has 0 amide bonds. The molecular formula is C11H7N3O. The van der Waals surface area contributed by atoms with E-state index in [1.165, 1.54) is 0 Å². The van der Waals surface area contributed by atoms with E-state index in [0.29, 0.717) is 11.0 Å². The highest BCUT2D eigenvalue weighted by Crippen LogP contribution is 2.08. The van der Waals surface area contributed by atoms with E-state index in [4.69, 9.17) is 0 Å². The zero-order chi connectivity index (χ0) is 10.3. The van der Waals surface area contributed by atoms with Crippen LogP contribution in [0.3, 0.4) is 0 Å². The van der Waals surface area contributed by atoms with Gasteiger partial charge in [0.15, 0.2) is 5.65 Å². The second-order valence-corrected chi connectivity index (χ2v) is 3.23. The van der Waals surface area contributed by atoms with Gasteiger partial charge in [0.25, 0.3) is 5.56 Å². The normalized spacial score (nSPS) is 10.9. The zero-order valence-electron chi connectivity index (χ0n) is 7.79. The van der Waals surface area contributed by atoms with Gasteiger partial charge in [0.05, 0.1) is 10.9 Å². The number of rotatable bonds is 0. The maximum atomic E-state index is 11.6. The average molecular weight is 197 g/mol. The minimum Gasteiger partial charge on any atom is -0.267 e. The molecule has 0 aliphatic heterocycles. The Hall–Kier alpha value is -2.23. The van der Waals surface area contributed by atoms with E-state index in [9.17, 15) is 4.79 Å². The number of hydrogen-bond acceptors (Lipinski definition) is 3. The summed E-state index contributed by atoms with van der Waals surface area (Å²) in [5, 5.41) is 4.76. The topological polar surface area (TPSA) is 47.3 Å². The van der Waals surface area contributed by atoms with Gasteiger partial charge in [-0.15, -0.1) is 0 Å². The van der Waals surface area contributed by atoms with Gasteiger partial charge in [0, 0.05) is 6.20 Å². The largest absolute Gasteiger partial charge is 0.281 e. The lowest BCUT2D eigenvalue weighted by Gasteiger charge is -2.02. The van der Waals surface area contributed by atoms with Crippen molar-refractivity contribution in [2.24, 2.45) is 0 Å². The third-order valence-electron chi connectivity index (χ3n) is 2.31. The molecule has 4 nitrogen and oxygen atoms in total. The fraction of sp³-hybridized carbons (Fsp3) is 0. The molecule has 1 aromatic carbocycles. The van der Waals surface area contributed by atoms with Crippen molar-refractivity contribution in [3.8, 4) is 0 Å². The van der Waals surface area contributed by atoms with Crippen LogP contribution < -0.4 is 5.56 Å². The first-order valence-electron chi connectivity index (χ1n) is 4.59. The van der Waals surface area contributed by atoms with Crippen molar-refractivity contribution in [3.63, 3.8) is 0 Å². The van der Waals surface area contributed by atoms with Gasteiger partial charge in [-0.2, -0.15) is 10.1 Å². The van der Waals surface area contributed by atoms with Crippen molar-refractivity contribution in [2.75, 3.05) is 0 Å². The third-order valence-corrected chi connectivity index (χ3v) is 2.31. The molecule has 0 aliphatic carbocycles. The van der Waals surface area contributed by atoms with Crippen LogP contribution in [0.1, 0.15) is 0 Å². The van der Waals surface area contributed by atoms with Gasteiger partial charge in [-0.1, -0.05) is 12.1 Å². The minimum absolute atomic E-state index is 0.210. The summed E-state index contributed by atoms with van der Waals surface area (Å²) in [7, 11) is 0. The van der Waals surface area contributed by atoms with Crippen molar-refractivity contribution < 1.29 is 0 Å². The highest BCUT2D eigenvalue weighted by Gasteiger charge is 2.03. The smallest absolute Gasteiger partial charge is 0.267 e. The van der Waals surface area contributed by atoms with E-state index < -0.39 is 0 Å². The molecule has 72 valence electrons. The van der Waals surface area contributed by atoms with Gasteiger partial charge >= 0.3 is 0 Å². The highest BCUT2D eigenvalue weighted by molar-refractivity contribution is 5.79. The second-order valence-electron chi connectivity index (χ2n) is 3.23. The maximum Gasteiger partial charge on any atom is 0.281 e. The molecule has 3 rings (SSSR count). The summed E-state index contributed by atoms with van der Waals surface area (Å²) in [4.78, 5) is 15.6. The Morgan fingerprint density at radius 3 is 2.87 bits per heavy atom. The lowest BCUT2D eigenvalue weighted by Crippen LogP contribution is -2.11. The first-order chi connectivity index (χ1) is 7.36. The van der Waals surface area contributed by atoms with E-state index >= 15 is 0 Å². The van der Waals surface area contributed by atoms with Crippen LogP contribution in [0.4, 0.5) is 0 Å². The molecule has 4 heteroatoms. The summed E-state index contributed by atoms with van der Waals surface area (Å²) in [5.74, 6) is 0. The number of nitrogens with zero attached hydrogens (tertiary/aromatic N) is 3. The summed E-state index contributed by atoms with van der Waals surface area (Å²) < 4.78 is 1.66. The van der Waals surface area contributed by atoms with E-state index in [-0.39, 0.29) is 5.56 Å². The van der Waals surface area contributed by atoms with E-state index in [1.807, 2.05) is 18.2 Å². The van der Waals surface area contributed by atoms with Gasteiger partial charge in [-0.25, -0.2) is 4.52 Å². The zero-order valence-corrected chi connectivity index (χ0v) is 7.79. The number of para-hydroxylation sites is 1. The second kappa shape index (κ2) is 2.88. The molecule has 2 heterocycles. The molecular weight excluding hydrogens is 190 g/mol. The van der Waals surface area contributed by atoms with Gasteiger partial charge in [-0.05, 0) is 24.3 Å². The predicted molar refractivity (Wildman–Crippen MR) is 56.8 cm³/mol. The summed E-state index contributed by atoms with van der Waals surface area (Å²) in [6.45, 7) is 0. The molecule has 0 unspecified atom stereocenters. The van der Waals surface area contributed by atoms with Crippen LogP contribution in [0.2, 0.25) is 0 Å². The van der Waals surface area contributed by atoms with Crippen LogP contribution in [0.15, 0.2) is 47.4 Å². The molecule has 3 aromatic rings. The molecule has 0 saturated carbocycles. The molecule has 0 spiro atoms. The number of benzene rings is 1. The standard InChI is InChI=1S/C11H7N3O/c15-11-8-4-1-2-5-9(8)14-10(13-11)6-3-7-12-14/h1-7H. The van der Waals surface area contributed by atoms with Gasteiger partial charge in [0.1, 0.15) is 0 Å². The molecule has 0 bridgehead atoms. The maximum absolute atomic E-state index is 11.6. The Morgan fingerprint density at radius 1 is 1.07 bits per heavy atom. The number of hydrogen-bond donors (Lipinski definition) is 0. The molecule has 0 N–H and O–H groups in total. The fourth-order valence-electron chi connectivity index (χ4n) is 1.64. The van der Waals surface area contributed by atoms with Crippen molar-refractivity contribution in [1.82, 2.24) is 14.6 Å². The molecule has 0 fully saturated rings. The first-order valence-corrected chi connectivity index (χ1v) is 4.59. The van der Waals surface area contributed by atoms with Crippen LogP contribution in [-0.2, 0) is 0 Å². The van der Waals surface area contributed by atoms with Crippen molar-refractivity contribution in [2.45, 2.75) is 0 Å². The van der Waals surface area contributed by atoms with E-state index in [2.05, 4.69) is 10.1 Å². The van der Waals surface area contributed by atoms with Crippen LogP contribution in [0.5, 0.6) is 0 Å². The summed E-state index contributed by atoms with van der Waals surface area (Å²) in [5.41, 5.74) is 1.15. The molecule has 0 saturated heterocycles. The summed E-state index contributed by atoms with van der Waals surface area (Å²) >= 11 is 0. The molecule has 15 heavy (non-hydrogen) atoms. The quantitative estimate of drug-likeness (QED) is 0.509. The minimum atomic E-state index is -0.210. The predicted octanol–water partition coefficient (Wildman–Crippen LogP) is 1.24. The Balaban J connectivity index is 2.70. The third kappa shape index (κ3) is 1.11. The highest BCUT2D eigenvalue weighted by atomic mass is 16.1. The average Bonchev–Trinajstić information content (AvgIpc) is 2.30. The first kappa shape index (κ1) is 8.11. The molecule has 2 aromatic heterocycles. The molecule has 0 aliphatic rings. The summed E-state index contributed by atoms with van der Waals surface area (Å²) in [6.07, 6.45) is 1.67. The Bertz CT molecular complexity index is 703. The molecule has 0 atom stereocenters. The fourth-order valence-corrected chi connectivity index (χ4v) is 1.64. The van der Waals surface area contributed by atoms with Crippen molar-refractivity contribution in [1.29, 1.82) is 0 Å². The van der Waals surface area contributed by atoms with Crippen LogP contribution in [-0.4, -0.2) is 14.6 Å². The lowest BCUT2D eigenvalue weighted by atomic mass is 10.2. The van der Waals surface area contributed by atoms with Crippen molar-refractivity contribution >= 4 is 16.6 Å². The lowest BCUT2D eigenvalue weighted by molar-refractivity contribution is 0.936. The van der Waals surface area contributed by atoms with E-state index in [0.717, 1.165) is 5.52 Å². The number of aromatic nitrogens is 3. The SMILES string of the molecule is O=c1nc2cccnn2c2ccccc12.